The van der Waals surface area contributed by atoms with Gasteiger partial charge in [0.2, 0.25) is 0 Å². The fraction of sp³-hybridized carbons (Fsp3) is 0.444. The lowest BCUT2D eigenvalue weighted by atomic mass is 10.0. The maximum Gasteiger partial charge on any atom is 0.0666 e. The van der Waals surface area contributed by atoms with Gasteiger partial charge in [-0.3, -0.25) is 14.6 Å². The molecule has 3 aromatic heterocycles. The van der Waals surface area contributed by atoms with Crippen molar-refractivity contribution in [2.75, 3.05) is 26.3 Å². The molecule has 0 aliphatic carbocycles. The van der Waals surface area contributed by atoms with Crippen LogP contribution in [0.1, 0.15) is 11.4 Å². The van der Waals surface area contributed by atoms with Gasteiger partial charge in [-0.2, -0.15) is 5.10 Å². The normalized spacial score (nSPS) is 19.6. The van der Waals surface area contributed by atoms with E-state index >= 15 is 0 Å². The van der Waals surface area contributed by atoms with Crippen molar-refractivity contribution in [3.05, 3.63) is 54.4 Å². The SMILES string of the molecule is Cn1nccc1CN1CCOC[C@H](Cc2nccn3cccc23)C1. The van der Waals surface area contributed by atoms with E-state index in [9.17, 15) is 0 Å². The molecule has 4 heterocycles. The highest BCUT2D eigenvalue weighted by atomic mass is 16.5. The summed E-state index contributed by atoms with van der Waals surface area (Å²) in [5.74, 6) is 0.453. The van der Waals surface area contributed by atoms with Crippen LogP contribution in [0.15, 0.2) is 43.0 Å². The standard InChI is InChI=1S/C18H23N5O/c1-21-16(4-5-20-21)13-22-9-10-24-14-15(12-22)11-17-18-3-2-7-23(18)8-6-19-17/h2-8,15H,9-14H2,1H3/t15-/m1/s1. The Bertz CT molecular complexity index is 808. The first-order valence-corrected chi connectivity index (χ1v) is 8.47. The molecule has 0 amide bonds. The summed E-state index contributed by atoms with van der Waals surface area (Å²) < 4.78 is 9.93. The largest absolute Gasteiger partial charge is 0.380 e. The van der Waals surface area contributed by atoms with Gasteiger partial charge in [0.15, 0.2) is 0 Å². The van der Waals surface area contributed by atoms with Gasteiger partial charge < -0.3 is 9.14 Å². The van der Waals surface area contributed by atoms with Gasteiger partial charge >= 0.3 is 0 Å². The number of hydrogen-bond donors (Lipinski definition) is 0. The highest BCUT2D eigenvalue weighted by Gasteiger charge is 2.21. The minimum Gasteiger partial charge on any atom is -0.380 e. The molecule has 0 aromatic carbocycles. The Balaban J connectivity index is 1.48. The third-order valence-corrected chi connectivity index (χ3v) is 4.74. The van der Waals surface area contributed by atoms with Crippen molar-refractivity contribution in [3.8, 4) is 0 Å². The molecule has 0 spiro atoms. The van der Waals surface area contributed by atoms with E-state index in [2.05, 4.69) is 43.8 Å². The average molecular weight is 325 g/mol. The molecule has 0 radical (unpaired) electrons. The monoisotopic (exact) mass is 325 g/mol. The summed E-state index contributed by atoms with van der Waals surface area (Å²) in [5, 5.41) is 4.27. The zero-order chi connectivity index (χ0) is 16.4. The fourth-order valence-electron chi connectivity index (χ4n) is 3.47. The van der Waals surface area contributed by atoms with Crippen LogP contribution in [0, 0.1) is 5.92 Å². The maximum atomic E-state index is 5.85. The number of aryl methyl sites for hydroxylation is 1. The second-order valence-corrected chi connectivity index (χ2v) is 6.50. The van der Waals surface area contributed by atoms with Crippen molar-refractivity contribution in [2.24, 2.45) is 13.0 Å². The number of ether oxygens (including phenoxy) is 1. The van der Waals surface area contributed by atoms with Gasteiger partial charge in [0, 0.05) is 57.4 Å². The van der Waals surface area contributed by atoms with Crippen LogP contribution in [0.3, 0.4) is 0 Å². The van der Waals surface area contributed by atoms with Crippen LogP contribution in [0.4, 0.5) is 0 Å². The molecule has 6 heteroatoms. The van der Waals surface area contributed by atoms with E-state index in [1.165, 1.54) is 11.2 Å². The molecule has 4 rings (SSSR count). The summed E-state index contributed by atoms with van der Waals surface area (Å²) in [4.78, 5) is 7.07. The molecule has 0 N–H and O–H groups in total. The Kier molecular flexibility index (Phi) is 4.32. The number of hydrogen-bond acceptors (Lipinski definition) is 4. The lowest BCUT2D eigenvalue weighted by Gasteiger charge is -2.23. The molecule has 1 atom stereocenters. The van der Waals surface area contributed by atoms with E-state index in [-0.39, 0.29) is 0 Å². The highest BCUT2D eigenvalue weighted by Crippen LogP contribution is 2.18. The molecule has 0 saturated carbocycles. The molecule has 6 nitrogen and oxygen atoms in total. The van der Waals surface area contributed by atoms with Gasteiger partial charge in [0.1, 0.15) is 0 Å². The Morgan fingerprint density at radius 3 is 3.08 bits per heavy atom. The fourth-order valence-corrected chi connectivity index (χ4v) is 3.47. The zero-order valence-electron chi connectivity index (χ0n) is 14.0. The molecule has 3 aromatic rings. The first kappa shape index (κ1) is 15.4. The Morgan fingerprint density at radius 1 is 1.25 bits per heavy atom. The first-order valence-electron chi connectivity index (χ1n) is 8.47. The van der Waals surface area contributed by atoms with E-state index in [1.807, 2.05) is 30.3 Å². The summed E-state index contributed by atoms with van der Waals surface area (Å²) in [5.41, 5.74) is 3.58. The van der Waals surface area contributed by atoms with Crippen molar-refractivity contribution in [3.63, 3.8) is 0 Å². The summed E-state index contributed by atoms with van der Waals surface area (Å²) >= 11 is 0. The number of rotatable bonds is 4. The zero-order valence-corrected chi connectivity index (χ0v) is 14.0. The summed E-state index contributed by atoms with van der Waals surface area (Å²) in [6, 6.07) is 6.29. The molecule has 1 fully saturated rings. The summed E-state index contributed by atoms with van der Waals surface area (Å²) in [7, 11) is 2.00. The van der Waals surface area contributed by atoms with Gasteiger partial charge in [-0.15, -0.1) is 0 Å². The van der Waals surface area contributed by atoms with E-state index in [0.717, 1.165) is 45.0 Å². The summed E-state index contributed by atoms with van der Waals surface area (Å²) in [6.45, 7) is 4.49. The van der Waals surface area contributed by atoms with Crippen molar-refractivity contribution >= 4 is 5.52 Å². The second kappa shape index (κ2) is 6.75. The van der Waals surface area contributed by atoms with E-state index in [0.29, 0.717) is 5.92 Å². The van der Waals surface area contributed by atoms with E-state index < -0.39 is 0 Å². The molecule has 1 aliphatic heterocycles. The van der Waals surface area contributed by atoms with Crippen molar-refractivity contribution in [1.29, 1.82) is 0 Å². The minimum absolute atomic E-state index is 0.453. The predicted molar refractivity (Wildman–Crippen MR) is 91.7 cm³/mol. The molecule has 1 aliphatic rings. The molecule has 0 unspecified atom stereocenters. The highest BCUT2D eigenvalue weighted by molar-refractivity contribution is 5.52. The van der Waals surface area contributed by atoms with Gasteiger partial charge in [0.25, 0.3) is 0 Å². The van der Waals surface area contributed by atoms with Crippen molar-refractivity contribution in [1.82, 2.24) is 24.1 Å². The third-order valence-electron chi connectivity index (χ3n) is 4.74. The van der Waals surface area contributed by atoms with Gasteiger partial charge in [-0.05, 0) is 24.6 Å². The van der Waals surface area contributed by atoms with Crippen molar-refractivity contribution < 1.29 is 4.74 Å². The molecule has 126 valence electrons. The maximum absolute atomic E-state index is 5.85. The van der Waals surface area contributed by atoms with Crippen LogP contribution in [0.2, 0.25) is 0 Å². The third kappa shape index (κ3) is 3.20. The number of aromatic nitrogens is 4. The van der Waals surface area contributed by atoms with Crippen LogP contribution in [0.25, 0.3) is 5.52 Å². The minimum atomic E-state index is 0.453. The average Bonchev–Trinajstić information content (AvgIpc) is 3.15. The molecule has 24 heavy (non-hydrogen) atoms. The van der Waals surface area contributed by atoms with Crippen LogP contribution in [-0.4, -0.2) is 50.4 Å². The molecular formula is C18H23N5O. The summed E-state index contributed by atoms with van der Waals surface area (Å²) in [6.07, 6.45) is 8.75. The quantitative estimate of drug-likeness (QED) is 0.733. The molecule has 1 saturated heterocycles. The Hall–Kier alpha value is -2.18. The van der Waals surface area contributed by atoms with Crippen LogP contribution in [-0.2, 0) is 24.8 Å². The lowest BCUT2D eigenvalue weighted by Crippen LogP contribution is -2.31. The predicted octanol–water partition coefficient (Wildman–Crippen LogP) is 1.76. The Labute approximate surface area is 141 Å². The number of nitrogens with zero attached hydrogens (tertiary/aromatic N) is 5. The van der Waals surface area contributed by atoms with E-state index in [4.69, 9.17) is 4.74 Å². The van der Waals surface area contributed by atoms with Gasteiger partial charge in [0.05, 0.1) is 30.1 Å². The van der Waals surface area contributed by atoms with Crippen molar-refractivity contribution in [2.45, 2.75) is 13.0 Å². The van der Waals surface area contributed by atoms with Gasteiger partial charge in [-0.1, -0.05) is 0 Å². The smallest absolute Gasteiger partial charge is 0.0666 e. The molecular weight excluding hydrogens is 302 g/mol. The number of fused-ring (bicyclic) bond motifs is 1. The lowest BCUT2D eigenvalue weighted by molar-refractivity contribution is 0.121. The van der Waals surface area contributed by atoms with Crippen LogP contribution < -0.4 is 0 Å². The van der Waals surface area contributed by atoms with E-state index in [1.54, 1.807) is 0 Å². The Morgan fingerprint density at radius 2 is 2.21 bits per heavy atom. The van der Waals surface area contributed by atoms with Crippen LogP contribution in [0.5, 0.6) is 0 Å². The second-order valence-electron chi connectivity index (χ2n) is 6.50. The van der Waals surface area contributed by atoms with Gasteiger partial charge in [-0.25, -0.2) is 0 Å². The first-order chi connectivity index (χ1) is 11.8. The molecule has 0 bridgehead atoms. The topological polar surface area (TPSA) is 47.6 Å². The van der Waals surface area contributed by atoms with Crippen LogP contribution >= 0.6 is 0 Å².